The Kier molecular flexibility index (Phi) is 5.65. The number of ether oxygens (including phenoxy) is 1. The van der Waals surface area contributed by atoms with Gasteiger partial charge in [0.05, 0.1) is 18.1 Å². The number of nitro groups is 1. The molecule has 0 saturated carbocycles. The first-order valence-electron chi connectivity index (χ1n) is 4.97. The van der Waals surface area contributed by atoms with Crippen molar-refractivity contribution in [3.63, 3.8) is 0 Å². The number of nitrogens with zero attached hydrogens (tertiary/aromatic N) is 1. The first-order chi connectivity index (χ1) is 8.15. The van der Waals surface area contributed by atoms with E-state index in [-0.39, 0.29) is 18.0 Å². The van der Waals surface area contributed by atoms with E-state index in [2.05, 4.69) is 15.9 Å². The second-order valence-electron chi connectivity index (χ2n) is 3.16. The third-order valence-electron chi connectivity index (χ3n) is 1.93. The second kappa shape index (κ2) is 7.03. The molecule has 1 aromatic carbocycles. The number of aliphatic hydroxyl groups is 1. The van der Waals surface area contributed by atoms with Crippen LogP contribution < -0.4 is 4.74 Å². The van der Waals surface area contributed by atoms with Crippen molar-refractivity contribution in [2.24, 2.45) is 0 Å². The van der Waals surface area contributed by atoms with Crippen molar-refractivity contribution >= 4 is 21.6 Å². The molecule has 0 aliphatic heterocycles. The molecular formula is C11H12BrNO4. The van der Waals surface area contributed by atoms with E-state index in [0.29, 0.717) is 13.0 Å². The number of nitro benzene ring substituents is 1. The molecule has 0 aliphatic carbocycles. The van der Waals surface area contributed by atoms with E-state index in [0.717, 1.165) is 4.47 Å². The minimum absolute atomic E-state index is 0.0168. The van der Waals surface area contributed by atoms with Crippen molar-refractivity contribution in [2.75, 3.05) is 13.2 Å². The van der Waals surface area contributed by atoms with Crippen molar-refractivity contribution in [3.05, 3.63) is 44.9 Å². The lowest BCUT2D eigenvalue weighted by molar-refractivity contribution is -0.385. The molecule has 5 nitrogen and oxygen atoms in total. The summed E-state index contributed by atoms with van der Waals surface area (Å²) in [7, 11) is 0. The largest absolute Gasteiger partial charge is 0.486 e. The Hall–Kier alpha value is -1.40. The highest BCUT2D eigenvalue weighted by Crippen LogP contribution is 2.30. The van der Waals surface area contributed by atoms with Crippen molar-refractivity contribution in [2.45, 2.75) is 6.42 Å². The number of rotatable bonds is 6. The quantitative estimate of drug-likeness (QED) is 0.379. The van der Waals surface area contributed by atoms with Crippen LogP contribution >= 0.6 is 15.9 Å². The first-order valence-corrected chi connectivity index (χ1v) is 5.77. The maximum Gasteiger partial charge on any atom is 0.310 e. The predicted octanol–water partition coefficient (Wildman–Crippen LogP) is 2.67. The molecule has 0 fully saturated rings. The van der Waals surface area contributed by atoms with Gasteiger partial charge in [0.15, 0.2) is 5.75 Å². The van der Waals surface area contributed by atoms with Gasteiger partial charge in [0.2, 0.25) is 0 Å². The number of halogens is 1. The number of aliphatic hydroxyl groups excluding tert-OH is 1. The van der Waals surface area contributed by atoms with Gasteiger partial charge in [-0.2, -0.15) is 0 Å². The Morgan fingerprint density at radius 2 is 2.24 bits per heavy atom. The molecular weight excluding hydrogens is 290 g/mol. The minimum atomic E-state index is -0.481. The molecule has 92 valence electrons. The molecule has 0 bridgehead atoms. The van der Waals surface area contributed by atoms with Crippen LogP contribution in [0, 0.1) is 10.1 Å². The monoisotopic (exact) mass is 301 g/mol. The highest BCUT2D eigenvalue weighted by atomic mass is 79.9. The molecule has 1 rings (SSSR count). The average molecular weight is 302 g/mol. The van der Waals surface area contributed by atoms with E-state index >= 15 is 0 Å². The van der Waals surface area contributed by atoms with Crippen LogP contribution in [0.2, 0.25) is 0 Å². The first kappa shape index (κ1) is 13.7. The van der Waals surface area contributed by atoms with E-state index in [4.69, 9.17) is 9.84 Å². The molecule has 0 amide bonds. The zero-order valence-corrected chi connectivity index (χ0v) is 10.6. The minimum Gasteiger partial charge on any atom is -0.486 e. The van der Waals surface area contributed by atoms with Gasteiger partial charge in [-0.25, -0.2) is 0 Å². The summed E-state index contributed by atoms with van der Waals surface area (Å²) >= 11 is 3.23. The molecule has 6 heteroatoms. The summed E-state index contributed by atoms with van der Waals surface area (Å²) in [5.41, 5.74) is -0.0562. The van der Waals surface area contributed by atoms with Crippen LogP contribution in [-0.2, 0) is 0 Å². The fourth-order valence-electron chi connectivity index (χ4n) is 1.18. The maximum atomic E-state index is 10.7. The smallest absolute Gasteiger partial charge is 0.310 e. The third kappa shape index (κ3) is 4.54. The van der Waals surface area contributed by atoms with Gasteiger partial charge in [-0.05, 0) is 12.5 Å². The lowest BCUT2D eigenvalue weighted by Crippen LogP contribution is -1.99. The predicted molar refractivity (Wildman–Crippen MR) is 67.1 cm³/mol. The Morgan fingerprint density at radius 3 is 2.88 bits per heavy atom. The number of hydrogen-bond acceptors (Lipinski definition) is 4. The molecule has 0 saturated heterocycles. The zero-order chi connectivity index (χ0) is 12.7. The fourth-order valence-corrected chi connectivity index (χ4v) is 1.52. The molecule has 0 spiro atoms. The van der Waals surface area contributed by atoms with Gasteiger partial charge in [0.25, 0.3) is 0 Å². The van der Waals surface area contributed by atoms with E-state index in [9.17, 15) is 10.1 Å². The van der Waals surface area contributed by atoms with Crippen LogP contribution in [0.25, 0.3) is 0 Å². The van der Waals surface area contributed by atoms with Crippen molar-refractivity contribution in [3.8, 4) is 5.75 Å². The SMILES string of the molecule is O=[N+]([O-])c1ccc(Br)cc1OCC/C=C\CO. The van der Waals surface area contributed by atoms with Crippen LogP contribution in [0.4, 0.5) is 5.69 Å². The molecule has 1 N–H and O–H groups in total. The number of benzene rings is 1. The zero-order valence-electron chi connectivity index (χ0n) is 9.01. The maximum absolute atomic E-state index is 10.7. The van der Waals surface area contributed by atoms with Crippen LogP contribution in [0.5, 0.6) is 5.75 Å². The Labute approximate surface area is 107 Å². The second-order valence-corrected chi connectivity index (χ2v) is 4.08. The van der Waals surface area contributed by atoms with Crippen LogP contribution in [0.15, 0.2) is 34.8 Å². The normalized spacial score (nSPS) is 10.7. The van der Waals surface area contributed by atoms with E-state index in [1.54, 1.807) is 24.3 Å². The molecule has 1 aromatic rings. The van der Waals surface area contributed by atoms with Gasteiger partial charge in [-0.1, -0.05) is 28.1 Å². The van der Waals surface area contributed by atoms with Gasteiger partial charge in [-0.3, -0.25) is 10.1 Å². The molecule has 0 aromatic heterocycles. The molecule has 17 heavy (non-hydrogen) atoms. The van der Waals surface area contributed by atoms with Gasteiger partial charge >= 0.3 is 5.69 Å². The van der Waals surface area contributed by atoms with Gasteiger partial charge in [0, 0.05) is 16.6 Å². The molecule has 0 unspecified atom stereocenters. The van der Waals surface area contributed by atoms with Crippen LogP contribution in [0.3, 0.4) is 0 Å². The Bertz CT molecular complexity index is 420. The van der Waals surface area contributed by atoms with Gasteiger partial charge in [0.1, 0.15) is 0 Å². The van der Waals surface area contributed by atoms with Crippen molar-refractivity contribution in [1.82, 2.24) is 0 Å². The lowest BCUT2D eigenvalue weighted by Gasteiger charge is -2.05. The molecule has 0 radical (unpaired) electrons. The van der Waals surface area contributed by atoms with Crippen LogP contribution in [0.1, 0.15) is 6.42 Å². The van der Waals surface area contributed by atoms with E-state index < -0.39 is 4.92 Å². The van der Waals surface area contributed by atoms with Gasteiger partial charge in [-0.15, -0.1) is 0 Å². The number of hydrogen-bond donors (Lipinski definition) is 1. The summed E-state index contributed by atoms with van der Waals surface area (Å²) < 4.78 is 6.05. The molecule has 0 atom stereocenters. The summed E-state index contributed by atoms with van der Waals surface area (Å²) in [5.74, 6) is 0.238. The lowest BCUT2D eigenvalue weighted by atomic mass is 10.3. The summed E-state index contributed by atoms with van der Waals surface area (Å²) in [6, 6.07) is 4.55. The third-order valence-corrected chi connectivity index (χ3v) is 2.43. The average Bonchev–Trinajstić information content (AvgIpc) is 2.28. The van der Waals surface area contributed by atoms with Crippen molar-refractivity contribution < 1.29 is 14.8 Å². The highest BCUT2D eigenvalue weighted by molar-refractivity contribution is 9.10. The summed E-state index contributed by atoms with van der Waals surface area (Å²) in [6.45, 7) is 0.310. The summed E-state index contributed by atoms with van der Waals surface area (Å²) in [4.78, 5) is 10.3. The van der Waals surface area contributed by atoms with E-state index in [1.807, 2.05) is 0 Å². The molecule has 0 heterocycles. The van der Waals surface area contributed by atoms with Crippen molar-refractivity contribution in [1.29, 1.82) is 0 Å². The van der Waals surface area contributed by atoms with Gasteiger partial charge < -0.3 is 9.84 Å². The Balaban J connectivity index is 2.65. The topological polar surface area (TPSA) is 72.6 Å². The van der Waals surface area contributed by atoms with Crippen LogP contribution in [-0.4, -0.2) is 23.2 Å². The fraction of sp³-hybridized carbons (Fsp3) is 0.273. The van der Waals surface area contributed by atoms with E-state index in [1.165, 1.54) is 6.07 Å². The molecule has 0 aliphatic rings. The highest BCUT2D eigenvalue weighted by Gasteiger charge is 2.14. The Morgan fingerprint density at radius 1 is 1.47 bits per heavy atom. The summed E-state index contributed by atoms with van der Waals surface area (Å²) in [5, 5.41) is 19.2. The standard InChI is InChI=1S/C11H12BrNO4/c12-9-4-5-10(13(15)16)11(8-9)17-7-3-1-2-6-14/h1-2,4-5,8,14H,3,6-7H2/b2-1-. The summed E-state index contributed by atoms with van der Waals surface area (Å²) in [6.07, 6.45) is 3.94.